The lowest BCUT2D eigenvalue weighted by atomic mass is 9.92. The predicted octanol–water partition coefficient (Wildman–Crippen LogP) is 4.36. The van der Waals surface area contributed by atoms with Crippen LogP contribution in [0.1, 0.15) is 61.5 Å². The molecule has 18 heavy (non-hydrogen) atoms. The summed E-state index contributed by atoms with van der Waals surface area (Å²) in [6.45, 7) is 10.3. The number of ether oxygens (including phenoxy) is 1. The van der Waals surface area contributed by atoms with Gasteiger partial charge in [0.15, 0.2) is 5.78 Å². The van der Waals surface area contributed by atoms with Gasteiger partial charge in [0.05, 0.1) is 7.11 Å². The molecule has 0 radical (unpaired) electrons. The van der Waals surface area contributed by atoms with E-state index < -0.39 is 0 Å². The van der Waals surface area contributed by atoms with Crippen molar-refractivity contribution in [3.63, 3.8) is 0 Å². The third-order valence-corrected chi connectivity index (χ3v) is 3.09. The lowest BCUT2D eigenvalue weighted by molar-refractivity contribution is 0.0967. The van der Waals surface area contributed by atoms with Gasteiger partial charge in [-0.1, -0.05) is 27.7 Å². The number of carbonyl (C=O) groups is 1. The normalized spacial score (nSPS) is 11.1. The second kappa shape index (κ2) is 6.03. The van der Waals surface area contributed by atoms with Crippen molar-refractivity contribution >= 4 is 5.78 Å². The van der Waals surface area contributed by atoms with Gasteiger partial charge in [0.25, 0.3) is 0 Å². The first kappa shape index (κ1) is 14.7. The molecule has 0 aliphatic carbocycles. The van der Waals surface area contributed by atoms with E-state index in [1.165, 1.54) is 0 Å². The van der Waals surface area contributed by atoms with Crippen molar-refractivity contribution in [2.45, 2.75) is 47.0 Å². The summed E-state index contributed by atoms with van der Waals surface area (Å²) in [5.74, 6) is 1.85. The molecule has 100 valence electrons. The fourth-order valence-electron chi connectivity index (χ4n) is 2.11. The van der Waals surface area contributed by atoms with E-state index in [1.807, 2.05) is 19.1 Å². The highest BCUT2D eigenvalue weighted by atomic mass is 16.5. The van der Waals surface area contributed by atoms with Crippen LogP contribution in [0.5, 0.6) is 5.75 Å². The lowest BCUT2D eigenvalue weighted by Gasteiger charge is -2.16. The second-order valence-electron chi connectivity index (χ2n) is 5.58. The summed E-state index contributed by atoms with van der Waals surface area (Å²) in [7, 11) is 1.68. The molecule has 0 atom stereocenters. The van der Waals surface area contributed by atoms with Crippen LogP contribution in [0.2, 0.25) is 0 Å². The molecule has 0 amide bonds. The molecule has 1 aromatic rings. The molecule has 0 saturated carbocycles. The van der Waals surface area contributed by atoms with Crippen LogP contribution in [-0.2, 0) is 0 Å². The average Bonchev–Trinajstić information content (AvgIpc) is 2.26. The van der Waals surface area contributed by atoms with E-state index in [0.717, 1.165) is 22.4 Å². The monoisotopic (exact) mass is 248 g/mol. The number of carbonyl (C=O) groups excluding carboxylic acids is 1. The average molecular weight is 248 g/mol. The molecule has 0 saturated heterocycles. The molecule has 0 spiro atoms. The van der Waals surface area contributed by atoms with Crippen LogP contribution in [-0.4, -0.2) is 12.9 Å². The number of rotatable bonds is 5. The van der Waals surface area contributed by atoms with Gasteiger partial charge in [-0.3, -0.25) is 4.79 Å². The van der Waals surface area contributed by atoms with Gasteiger partial charge < -0.3 is 4.74 Å². The molecule has 0 aromatic heterocycles. The maximum absolute atomic E-state index is 12.2. The summed E-state index contributed by atoms with van der Waals surface area (Å²) in [5.41, 5.74) is 2.95. The molecule has 0 aliphatic rings. The number of ketones is 1. The van der Waals surface area contributed by atoms with Gasteiger partial charge in [-0.25, -0.2) is 0 Å². The molecule has 0 bridgehead atoms. The Morgan fingerprint density at radius 2 is 1.83 bits per heavy atom. The minimum atomic E-state index is 0.229. The number of hydrogen-bond acceptors (Lipinski definition) is 2. The highest BCUT2D eigenvalue weighted by Crippen LogP contribution is 2.30. The minimum absolute atomic E-state index is 0.229. The third kappa shape index (κ3) is 3.34. The molecule has 0 heterocycles. The zero-order valence-corrected chi connectivity index (χ0v) is 12.3. The number of aryl methyl sites for hydroxylation is 1. The molecule has 1 rings (SSSR count). The van der Waals surface area contributed by atoms with Crippen molar-refractivity contribution in [1.29, 1.82) is 0 Å². The van der Waals surface area contributed by atoms with Gasteiger partial charge in [0.1, 0.15) is 5.75 Å². The SMILES string of the molecule is COc1cc(C)c(C(=O)CC(C)C)cc1C(C)C. The minimum Gasteiger partial charge on any atom is -0.496 e. The van der Waals surface area contributed by atoms with E-state index in [2.05, 4.69) is 27.7 Å². The van der Waals surface area contributed by atoms with Crippen LogP contribution in [0.15, 0.2) is 12.1 Å². The Balaban J connectivity index is 3.21. The Hall–Kier alpha value is -1.31. The lowest BCUT2D eigenvalue weighted by Crippen LogP contribution is -2.07. The van der Waals surface area contributed by atoms with Crippen LogP contribution in [0.3, 0.4) is 0 Å². The summed E-state index contributed by atoms with van der Waals surface area (Å²) in [6, 6.07) is 3.98. The maximum atomic E-state index is 12.2. The number of Topliss-reactive ketones (excluding diaryl/α,β-unsaturated/α-hetero) is 1. The fourth-order valence-corrected chi connectivity index (χ4v) is 2.11. The van der Waals surface area contributed by atoms with Crippen molar-refractivity contribution in [3.05, 3.63) is 28.8 Å². The first-order valence-corrected chi connectivity index (χ1v) is 6.58. The van der Waals surface area contributed by atoms with Gasteiger partial charge in [-0.05, 0) is 42.0 Å². The standard InChI is InChI=1S/C16H24O2/c1-10(2)7-15(17)14-9-13(11(3)4)16(18-6)8-12(14)5/h8-11H,7H2,1-6H3. The van der Waals surface area contributed by atoms with E-state index in [1.54, 1.807) is 7.11 Å². The highest BCUT2D eigenvalue weighted by molar-refractivity contribution is 5.98. The molecule has 1 aromatic carbocycles. The molecule has 2 nitrogen and oxygen atoms in total. The molecule has 0 unspecified atom stereocenters. The Kier molecular flexibility index (Phi) is 4.94. The fraction of sp³-hybridized carbons (Fsp3) is 0.562. The van der Waals surface area contributed by atoms with E-state index in [4.69, 9.17) is 4.74 Å². The summed E-state index contributed by atoms with van der Waals surface area (Å²) in [5, 5.41) is 0. The first-order chi connectivity index (χ1) is 8.36. The Labute approximate surface area is 110 Å². The van der Waals surface area contributed by atoms with E-state index >= 15 is 0 Å². The summed E-state index contributed by atoms with van der Waals surface area (Å²) < 4.78 is 5.39. The number of methoxy groups -OCH3 is 1. The van der Waals surface area contributed by atoms with Gasteiger partial charge >= 0.3 is 0 Å². The summed E-state index contributed by atoms with van der Waals surface area (Å²) in [4.78, 5) is 12.2. The van der Waals surface area contributed by atoms with Crippen LogP contribution in [0.25, 0.3) is 0 Å². The molecule has 2 heteroatoms. The molecule has 0 N–H and O–H groups in total. The van der Waals surface area contributed by atoms with E-state index in [9.17, 15) is 4.79 Å². The van der Waals surface area contributed by atoms with Crippen molar-refractivity contribution in [2.24, 2.45) is 5.92 Å². The molecule has 0 fully saturated rings. The zero-order chi connectivity index (χ0) is 13.9. The molecular weight excluding hydrogens is 224 g/mol. The van der Waals surface area contributed by atoms with Gasteiger partial charge in [-0.15, -0.1) is 0 Å². The Morgan fingerprint density at radius 1 is 1.22 bits per heavy atom. The highest BCUT2D eigenvalue weighted by Gasteiger charge is 2.16. The van der Waals surface area contributed by atoms with Gasteiger partial charge in [-0.2, -0.15) is 0 Å². The maximum Gasteiger partial charge on any atom is 0.163 e. The Morgan fingerprint density at radius 3 is 2.28 bits per heavy atom. The van der Waals surface area contributed by atoms with Crippen LogP contribution >= 0.6 is 0 Å². The molecular formula is C16H24O2. The summed E-state index contributed by atoms with van der Waals surface area (Å²) in [6.07, 6.45) is 0.602. The largest absolute Gasteiger partial charge is 0.496 e. The van der Waals surface area contributed by atoms with Crippen molar-refractivity contribution in [1.82, 2.24) is 0 Å². The van der Waals surface area contributed by atoms with Crippen LogP contribution < -0.4 is 4.74 Å². The van der Waals surface area contributed by atoms with Crippen molar-refractivity contribution in [2.75, 3.05) is 7.11 Å². The van der Waals surface area contributed by atoms with Crippen molar-refractivity contribution in [3.8, 4) is 5.75 Å². The first-order valence-electron chi connectivity index (χ1n) is 6.58. The van der Waals surface area contributed by atoms with Crippen LogP contribution in [0.4, 0.5) is 0 Å². The zero-order valence-electron chi connectivity index (χ0n) is 12.3. The van der Waals surface area contributed by atoms with Crippen LogP contribution in [0, 0.1) is 12.8 Å². The predicted molar refractivity (Wildman–Crippen MR) is 75.6 cm³/mol. The smallest absolute Gasteiger partial charge is 0.163 e. The number of hydrogen-bond donors (Lipinski definition) is 0. The third-order valence-electron chi connectivity index (χ3n) is 3.09. The summed E-state index contributed by atoms with van der Waals surface area (Å²) >= 11 is 0. The quantitative estimate of drug-likeness (QED) is 0.724. The molecule has 0 aliphatic heterocycles. The van der Waals surface area contributed by atoms with E-state index in [0.29, 0.717) is 18.3 Å². The van der Waals surface area contributed by atoms with Gasteiger partial charge in [0, 0.05) is 12.0 Å². The topological polar surface area (TPSA) is 26.3 Å². The second-order valence-corrected chi connectivity index (χ2v) is 5.58. The van der Waals surface area contributed by atoms with Gasteiger partial charge in [0.2, 0.25) is 0 Å². The van der Waals surface area contributed by atoms with E-state index in [-0.39, 0.29) is 5.78 Å². The number of benzene rings is 1. The van der Waals surface area contributed by atoms with Crippen molar-refractivity contribution < 1.29 is 9.53 Å². The Bertz CT molecular complexity index is 431.